The summed E-state index contributed by atoms with van der Waals surface area (Å²) < 4.78 is 19.0. The molecule has 7 heteroatoms. The monoisotopic (exact) mass is 346 g/mol. The lowest BCUT2D eigenvalue weighted by atomic mass is 9.88. The minimum absolute atomic E-state index is 0.0775. The maximum atomic E-state index is 12.9. The Morgan fingerprint density at radius 3 is 2.84 bits per heavy atom. The molecule has 0 radical (unpaired) electrons. The predicted molar refractivity (Wildman–Crippen MR) is 90.4 cm³/mol. The first-order valence-electron chi connectivity index (χ1n) is 8.95. The first-order chi connectivity index (χ1) is 12.1. The minimum atomic E-state index is -0.451. The molecule has 4 rings (SSSR count). The zero-order valence-electron chi connectivity index (χ0n) is 14.2. The van der Waals surface area contributed by atoms with Crippen LogP contribution < -0.4 is 5.32 Å². The van der Waals surface area contributed by atoms with Crippen molar-refractivity contribution in [3.8, 4) is 0 Å². The Morgan fingerprint density at radius 1 is 1.32 bits per heavy atom. The number of halogens is 1. The normalized spacial score (nSPS) is 29.5. The fourth-order valence-electron chi connectivity index (χ4n) is 4.15. The second kappa shape index (κ2) is 6.71. The smallest absolute Gasteiger partial charge is 0.226 e. The Bertz CT molecular complexity index is 658. The summed E-state index contributed by atoms with van der Waals surface area (Å²) in [5.74, 6) is 0.324. The molecule has 1 aromatic heterocycles. The Balaban J connectivity index is 1.37. The molecular weight excluding hydrogens is 323 g/mol. The van der Waals surface area contributed by atoms with Gasteiger partial charge in [0.1, 0.15) is 0 Å². The van der Waals surface area contributed by atoms with Crippen molar-refractivity contribution in [2.24, 2.45) is 5.92 Å². The summed E-state index contributed by atoms with van der Waals surface area (Å²) in [4.78, 5) is 22.6. The molecule has 2 saturated heterocycles. The maximum Gasteiger partial charge on any atom is 0.226 e. The second-order valence-electron chi connectivity index (χ2n) is 7.27. The van der Waals surface area contributed by atoms with E-state index in [1.54, 1.807) is 0 Å². The zero-order valence-corrected chi connectivity index (χ0v) is 14.2. The summed E-state index contributed by atoms with van der Waals surface area (Å²) in [6.07, 6.45) is 10.9. The molecule has 25 heavy (non-hydrogen) atoms. The van der Waals surface area contributed by atoms with Crippen LogP contribution in [0.5, 0.6) is 0 Å². The third-order valence-corrected chi connectivity index (χ3v) is 5.37. The highest BCUT2D eigenvalue weighted by molar-refractivity contribution is 5.80. The number of hydrogen-bond acceptors (Lipinski definition) is 5. The van der Waals surface area contributed by atoms with Gasteiger partial charge in [-0.3, -0.25) is 4.79 Å². The maximum absolute atomic E-state index is 12.9. The van der Waals surface area contributed by atoms with Gasteiger partial charge in [0.15, 0.2) is 5.82 Å². The summed E-state index contributed by atoms with van der Waals surface area (Å²) in [5.41, 5.74) is -0.280. The number of nitrogens with one attached hydrogen (secondary N) is 1. The van der Waals surface area contributed by atoms with Crippen LogP contribution in [0.4, 0.5) is 10.3 Å². The van der Waals surface area contributed by atoms with E-state index in [9.17, 15) is 9.18 Å². The molecule has 0 aromatic carbocycles. The summed E-state index contributed by atoms with van der Waals surface area (Å²) in [6.45, 7) is 2.03. The zero-order chi connectivity index (χ0) is 17.3. The fraction of sp³-hybridized carbons (Fsp3) is 0.611. The van der Waals surface area contributed by atoms with Crippen LogP contribution in [0.15, 0.2) is 24.5 Å². The average Bonchev–Trinajstić information content (AvgIpc) is 3.27. The van der Waals surface area contributed by atoms with Crippen molar-refractivity contribution in [3.63, 3.8) is 0 Å². The van der Waals surface area contributed by atoms with E-state index >= 15 is 0 Å². The molecule has 2 atom stereocenters. The molecule has 0 unspecified atom stereocenters. The van der Waals surface area contributed by atoms with E-state index in [0.717, 1.165) is 51.0 Å². The second-order valence-corrected chi connectivity index (χ2v) is 7.27. The van der Waals surface area contributed by atoms with Gasteiger partial charge in [0.05, 0.1) is 30.6 Å². The van der Waals surface area contributed by atoms with Crippen LogP contribution in [0.25, 0.3) is 0 Å². The van der Waals surface area contributed by atoms with E-state index in [1.807, 2.05) is 4.90 Å². The van der Waals surface area contributed by atoms with Gasteiger partial charge < -0.3 is 15.0 Å². The first-order valence-corrected chi connectivity index (χ1v) is 8.95. The number of ether oxygens (including phenoxy) is 1. The summed E-state index contributed by atoms with van der Waals surface area (Å²) in [6, 6.07) is 0.0775. The Labute approximate surface area is 146 Å². The predicted octanol–water partition coefficient (Wildman–Crippen LogP) is 2.14. The van der Waals surface area contributed by atoms with Gasteiger partial charge in [-0.25, -0.2) is 14.4 Å². The number of nitrogens with zero attached hydrogens (tertiary/aromatic N) is 3. The number of likely N-dealkylation sites (tertiary alicyclic amines) is 1. The van der Waals surface area contributed by atoms with Gasteiger partial charge in [0.2, 0.25) is 11.9 Å². The van der Waals surface area contributed by atoms with E-state index < -0.39 is 5.82 Å². The molecule has 6 nitrogen and oxygen atoms in total. The van der Waals surface area contributed by atoms with Crippen LogP contribution in [-0.4, -0.2) is 52.1 Å². The number of carbonyl (C=O) groups excluding carboxylic acids is 1. The van der Waals surface area contributed by atoms with Gasteiger partial charge in [-0.2, -0.15) is 0 Å². The number of anilines is 1. The van der Waals surface area contributed by atoms with Gasteiger partial charge in [-0.1, -0.05) is 12.2 Å². The molecule has 1 aliphatic carbocycles. The van der Waals surface area contributed by atoms with E-state index in [-0.39, 0.29) is 23.5 Å². The van der Waals surface area contributed by atoms with Crippen molar-refractivity contribution in [1.29, 1.82) is 0 Å². The third-order valence-electron chi connectivity index (χ3n) is 5.37. The van der Waals surface area contributed by atoms with Crippen molar-refractivity contribution < 1.29 is 13.9 Å². The van der Waals surface area contributed by atoms with Crippen LogP contribution in [0, 0.1) is 11.7 Å². The first kappa shape index (κ1) is 16.4. The molecule has 2 fully saturated rings. The lowest BCUT2D eigenvalue weighted by Gasteiger charge is -2.40. The van der Waals surface area contributed by atoms with Crippen LogP contribution in [-0.2, 0) is 9.53 Å². The molecule has 134 valence electrons. The van der Waals surface area contributed by atoms with E-state index in [0.29, 0.717) is 19.1 Å². The highest BCUT2D eigenvalue weighted by Crippen LogP contribution is 2.36. The van der Waals surface area contributed by atoms with Crippen molar-refractivity contribution in [3.05, 3.63) is 30.4 Å². The van der Waals surface area contributed by atoms with E-state index in [2.05, 4.69) is 27.4 Å². The van der Waals surface area contributed by atoms with Crippen molar-refractivity contribution >= 4 is 11.9 Å². The van der Waals surface area contributed by atoms with Crippen LogP contribution in [0.1, 0.15) is 32.1 Å². The Hall–Kier alpha value is -2.02. The van der Waals surface area contributed by atoms with Gasteiger partial charge in [0, 0.05) is 25.4 Å². The standard InChI is InChI=1S/C18H23FN4O2/c19-14-9-20-17(21-10-14)22-15-8-18(25-11-15)6-3-7-23(12-18)16(24)13-4-1-2-5-13/h1-2,9-10,13,15H,3-8,11-12H2,(H,20,21,22)/t15-,18-/m0/s1. The van der Waals surface area contributed by atoms with Crippen LogP contribution >= 0.6 is 0 Å². The number of amides is 1. The quantitative estimate of drug-likeness (QED) is 0.850. The van der Waals surface area contributed by atoms with Crippen LogP contribution in [0.3, 0.4) is 0 Å². The van der Waals surface area contributed by atoms with Gasteiger partial charge >= 0.3 is 0 Å². The SMILES string of the molecule is O=C(C1CC=CC1)N1CCC[C@]2(C[C@H](Nc3ncc(F)cn3)CO2)C1. The van der Waals surface area contributed by atoms with Gasteiger partial charge in [-0.05, 0) is 25.7 Å². The summed E-state index contributed by atoms with van der Waals surface area (Å²) in [5, 5.41) is 3.21. The number of rotatable bonds is 3. The van der Waals surface area contributed by atoms with Gasteiger partial charge in [0.25, 0.3) is 0 Å². The fourth-order valence-corrected chi connectivity index (χ4v) is 4.15. The molecule has 1 spiro atoms. The van der Waals surface area contributed by atoms with Crippen molar-refractivity contribution in [2.45, 2.75) is 43.7 Å². The van der Waals surface area contributed by atoms with Gasteiger partial charge in [-0.15, -0.1) is 0 Å². The Morgan fingerprint density at radius 2 is 2.08 bits per heavy atom. The molecule has 1 aromatic rings. The summed E-state index contributed by atoms with van der Waals surface area (Å²) in [7, 11) is 0. The molecular formula is C18H23FN4O2. The summed E-state index contributed by atoms with van der Waals surface area (Å²) >= 11 is 0. The lowest BCUT2D eigenvalue weighted by molar-refractivity contribution is -0.143. The molecule has 2 aliphatic heterocycles. The minimum Gasteiger partial charge on any atom is -0.371 e. The molecule has 0 bridgehead atoms. The van der Waals surface area contributed by atoms with Crippen molar-refractivity contribution in [2.75, 3.05) is 25.0 Å². The molecule has 0 saturated carbocycles. The molecule has 3 heterocycles. The number of allylic oxidation sites excluding steroid dienone is 2. The average molecular weight is 346 g/mol. The van der Waals surface area contributed by atoms with Crippen LogP contribution in [0.2, 0.25) is 0 Å². The Kier molecular flexibility index (Phi) is 4.41. The number of piperidine rings is 1. The topological polar surface area (TPSA) is 67.4 Å². The van der Waals surface area contributed by atoms with E-state index in [1.165, 1.54) is 0 Å². The number of aromatic nitrogens is 2. The highest BCUT2D eigenvalue weighted by atomic mass is 19.1. The third kappa shape index (κ3) is 3.51. The number of hydrogen-bond donors (Lipinski definition) is 1. The molecule has 3 aliphatic rings. The largest absolute Gasteiger partial charge is 0.371 e. The molecule has 1 N–H and O–H groups in total. The molecule has 1 amide bonds. The van der Waals surface area contributed by atoms with Crippen molar-refractivity contribution in [1.82, 2.24) is 14.9 Å². The lowest BCUT2D eigenvalue weighted by Crippen LogP contribution is -2.51. The highest BCUT2D eigenvalue weighted by Gasteiger charge is 2.45. The van der Waals surface area contributed by atoms with E-state index in [4.69, 9.17) is 4.74 Å². The number of carbonyl (C=O) groups is 1.